The average molecular weight is 479 g/mol. The summed E-state index contributed by atoms with van der Waals surface area (Å²) in [6.45, 7) is 3.45. The number of pyridine rings is 2. The number of halogens is 3. The Labute approximate surface area is 179 Å². The first kappa shape index (κ1) is 21.6. The van der Waals surface area contributed by atoms with Crippen LogP contribution < -0.4 is 10.3 Å². The van der Waals surface area contributed by atoms with Gasteiger partial charge in [-0.3, -0.25) is 9.36 Å². The summed E-state index contributed by atoms with van der Waals surface area (Å²) in [4.78, 5) is 28.8. The fourth-order valence-corrected chi connectivity index (χ4v) is 3.13. The van der Waals surface area contributed by atoms with Crippen molar-refractivity contribution >= 4 is 21.9 Å². The van der Waals surface area contributed by atoms with Crippen LogP contribution in [0.2, 0.25) is 0 Å². The quantitative estimate of drug-likeness (QED) is 0.493. The topological polar surface area (TPSA) is 70.4 Å². The first-order chi connectivity index (χ1) is 14.3. The molecule has 30 heavy (non-hydrogen) atoms. The summed E-state index contributed by atoms with van der Waals surface area (Å²) < 4.78 is 38.8. The molecule has 6 nitrogen and oxygen atoms in total. The van der Waals surface area contributed by atoms with Crippen LogP contribution in [0.4, 0.5) is 8.78 Å². The Morgan fingerprint density at radius 2 is 1.97 bits per heavy atom. The van der Waals surface area contributed by atoms with Gasteiger partial charge < -0.3 is 9.47 Å². The van der Waals surface area contributed by atoms with Gasteiger partial charge in [-0.15, -0.1) is 0 Å². The lowest BCUT2D eigenvalue weighted by molar-refractivity contribution is 0.0526. The molecule has 0 spiro atoms. The molecule has 156 valence electrons. The number of nitrogens with zero attached hydrogens (tertiary/aromatic N) is 2. The molecule has 0 N–H and O–H groups in total. The molecule has 2 heterocycles. The molecule has 3 aromatic rings. The van der Waals surface area contributed by atoms with E-state index in [4.69, 9.17) is 9.47 Å². The third kappa shape index (κ3) is 4.56. The maximum atomic E-state index is 13.8. The lowest BCUT2D eigenvalue weighted by Crippen LogP contribution is -2.23. The normalized spacial score (nSPS) is 10.7. The fraction of sp³-hybridized carbons (Fsp3) is 0.190. The number of benzene rings is 1. The largest absolute Gasteiger partial charge is 0.487 e. The van der Waals surface area contributed by atoms with E-state index in [9.17, 15) is 18.4 Å². The van der Waals surface area contributed by atoms with Gasteiger partial charge in [-0.2, -0.15) is 0 Å². The van der Waals surface area contributed by atoms with Gasteiger partial charge in [-0.1, -0.05) is 0 Å². The minimum atomic E-state index is -0.734. The van der Waals surface area contributed by atoms with Crippen molar-refractivity contribution in [2.75, 3.05) is 6.61 Å². The fourth-order valence-electron chi connectivity index (χ4n) is 2.72. The number of esters is 1. The van der Waals surface area contributed by atoms with Crippen LogP contribution >= 0.6 is 15.9 Å². The minimum absolute atomic E-state index is 0.117. The Hall–Kier alpha value is -3.07. The van der Waals surface area contributed by atoms with E-state index in [0.29, 0.717) is 11.5 Å². The molecule has 3 rings (SSSR count). The van der Waals surface area contributed by atoms with E-state index < -0.39 is 23.2 Å². The van der Waals surface area contributed by atoms with E-state index in [0.717, 1.165) is 12.1 Å². The van der Waals surface area contributed by atoms with Gasteiger partial charge in [-0.25, -0.2) is 18.6 Å². The maximum absolute atomic E-state index is 13.8. The second kappa shape index (κ2) is 9.17. The summed E-state index contributed by atoms with van der Waals surface area (Å²) in [5.41, 5.74) is 0.489. The van der Waals surface area contributed by atoms with Crippen molar-refractivity contribution in [2.45, 2.75) is 20.5 Å². The molecule has 0 bridgehead atoms. The van der Waals surface area contributed by atoms with E-state index in [2.05, 4.69) is 20.9 Å². The molecule has 0 amide bonds. The zero-order chi connectivity index (χ0) is 21.8. The van der Waals surface area contributed by atoms with E-state index in [1.54, 1.807) is 19.9 Å². The van der Waals surface area contributed by atoms with Gasteiger partial charge in [0, 0.05) is 29.6 Å². The molecule has 0 atom stereocenters. The van der Waals surface area contributed by atoms with E-state index in [1.165, 1.54) is 29.0 Å². The van der Waals surface area contributed by atoms with Gasteiger partial charge in [-0.05, 0) is 54.0 Å². The van der Waals surface area contributed by atoms with E-state index in [1.807, 2.05) is 0 Å². The third-order valence-corrected chi connectivity index (χ3v) is 4.92. The molecular weight excluding hydrogens is 462 g/mol. The summed E-state index contributed by atoms with van der Waals surface area (Å²) in [6.07, 6.45) is 1.33. The highest BCUT2D eigenvalue weighted by molar-refractivity contribution is 9.10. The van der Waals surface area contributed by atoms with Crippen molar-refractivity contribution in [3.63, 3.8) is 0 Å². The van der Waals surface area contributed by atoms with Crippen LogP contribution in [-0.4, -0.2) is 22.1 Å². The van der Waals surface area contributed by atoms with Crippen molar-refractivity contribution in [3.05, 3.63) is 85.9 Å². The van der Waals surface area contributed by atoms with Crippen LogP contribution in [-0.2, 0) is 11.3 Å². The number of hydrogen-bond donors (Lipinski definition) is 0. The molecule has 1 aromatic carbocycles. The average Bonchev–Trinajstić information content (AvgIpc) is 2.71. The number of carbonyl (C=O) groups is 1. The first-order valence-electron chi connectivity index (χ1n) is 8.94. The molecular formula is C21H17BrF2N2O4. The Bertz CT molecular complexity index is 1150. The van der Waals surface area contributed by atoms with Gasteiger partial charge in [0.1, 0.15) is 34.3 Å². The van der Waals surface area contributed by atoms with Gasteiger partial charge in [0.25, 0.3) is 5.56 Å². The van der Waals surface area contributed by atoms with Gasteiger partial charge >= 0.3 is 5.97 Å². The Morgan fingerprint density at radius 1 is 1.20 bits per heavy atom. The Kier molecular flexibility index (Phi) is 6.61. The third-order valence-electron chi connectivity index (χ3n) is 4.19. The number of rotatable bonds is 6. The first-order valence-corrected chi connectivity index (χ1v) is 9.73. The van der Waals surface area contributed by atoms with Gasteiger partial charge in [0.2, 0.25) is 0 Å². The zero-order valence-corrected chi connectivity index (χ0v) is 17.7. The van der Waals surface area contributed by atoms with Gasteiger partial charge in [0.15, 0.2) is 0 Å². The van der Waals surface area contributed by atoms with Crippen molar-refractivity contribution in [1.29, 1.82) is 0 Å². The molecule has 9 heteroatoms. The van der Waals surface area contributed by atoms with E-state index >= 15 is 0 Å². The molecule has 0 aliphatic carbocycles. The minimum Gasteiger partial charge on any atom is -0.487 e. The summed E-state index contributed by atoms with van der Waals surface area (Å²) in [7, 11) is 0. The highest BCUT2D eigenvalue weighted by Crippen LogP contribution is 2.25. The number of aromatic nitrogens is 2. The molecule has 0 radical (unpaired) electrons. The highest BCUT2D eigenvalue weighted by atomic mass is 79.9. The lowest BCUT2D eigenvalue weighted by atomic mass is 10.2. The summed E-state index contributed by atoms with van der Waals surface area (Å²) in [5.74, 6) is -1.40. The summed E-state index contributed by atoms with van der Waals surface area (Å²) in [5, 5.41) is 0. The Balaban J connectivity index is 1.87. The molecule has 0 saturated heterocycles. The van der Waals surface area contributed by atoms with Crippen LogP contribution in [0, 0.1) is 18.6 Å². The number of aryl methyl sites for hydroxylation is 1. The molecule has 0 aliphatic heterocycles. The molecule has 2 aromatic heterocycles. The summed E-state index contributed by atoms with van der Waals surface area (Å²) in [6, 6.07) is 7.81. The zero-order valence-electron chi connectivity index (χ0n) is 16.1. The second-order valence-electron chi connectivity index (χ2n) is 6.25. The molecule has 0 unspecified atom stereocenters. The maximum Gasteiger partial charge on any atom is 0.339 e. The van der Waals surface area contributed by atoms with Crippen LogP contribution in [0.1, 0.15) is 28.5 Å². The van der Waals surface area contributed by atoms with Crippen molar-refractivity contribution in [1.82, 2.24) is 9.55 Å². The van der Waals surface area contributed by atoms with Gasteiger partial charge in [0.05, 0.1) is 12.2 Å². The van der Waals surface area contributed by atoms with Crippen LogP contribution in [0.3, 0.4) is 0 Å². The second-order valence-corrected chi connectivity index (χ2v) is 7.05. The summed E-state index contributed by atoms with van der Waals surface area (Å²) >= 11 is 3.21. The monoisotopic (exact) mass is 478 g/mol. The van der Waals surface area contributed by atoms with Crippen molar-refractivity contribution in [2.24, 2.45) is 0 Å². The number of hydrogen-bond acceptors (Lipinski definition) is 5. The molecule has 0 fully saturated rings. The Morgan fingerprint density at radius 3 is 2.60 bits per heavy atom. The predicted octanol–water partition coefficient (Wildman–Crippen LogP) is 4.34. The van der Waals surface area contributed by atoms with Crippen LogP contribution in [0.25, 0.3) is 5.82 Å². The molecule has 0 aliphatic rings. The van der Waals surface area contributed by atoms with Crippen LogP contribution in [0.5, 0.6) is 5.75 Å². The smallest absolute Gasteiger partial charge is 0.339 e. The molecule has 0 saturated carbocycles. The lowest BCUT2D eigenvalue weighted by Gasteiger charge is -2.14. The number of ether oxygens (including phenoxy) is 2. The predicted molar refractivity (Wildman–Crippen MR) is 109 cm³/mol. The van der Waals surface area contributed by atoms with Crippen molar-refractivity contribution < 1.29 is 23.0 Å². The van der Waals surface area contributed by atoms with Crippen LogP contribution in [0.15, 0.2) is 51.9 Å². The van der Waals surface area contributed by atoms with E-state index in [-0.39, 0.29) is 34.6 Å². The highest BCUT2D eigenvalue weighted by Gasteiger charge is 2.16. The number of carbonyl (C=O) groups excluding carboxylic acids is 1. The standard InChI is InChI=1S/C21H17BrF2N2O4/c1-3-29-21(28)13-5-7-18(25-10-13)26-12(2)8-17(19(22)20(26)27)30-11-14-4-6-15(23)9-16(14)24/h4-10H,3,11H2,1-2H3. The van der Waals surface area contributed by atoms with Crippen molar-refractivity contribution in [3.8, 4) is 11.6 Å². The SMILES string of the molecule is CCOC(=O)c1ccc(-n2c(C)cc(OCc3ccc(F)cc3F)c(Br)c2=O)nc1.